The number of nitrogens with one attached hydrogen (secondary N) is 3. The van der Waals surface area contributed by atoms with Gasteiger partial charge >= 0.3 is 5.97 Å². The minimum atomic E-state index is -0.986. The highest BCUT2D eigenvalue weighted by Crippen LogP contribution is 2.31. The number of aromatic nitrogens is 4. The molecular formula is C20H14N6O2S. The molecule has 0 aliphatic rings. The normalized spacial score (nSPS) is 11.0. The first-order chi connectivity index (χ1) is 14.2. The summed E-state index contributed by atoms with van der Waals surface area (Å²) < 4.78 is 0.933. The second-order valence-corrected chi connectivity index (χ2v) is 7.25. The Morgan fingerprint density at radius 3 is 2.83 bits per heavy atom. The molecule has 0 spiro atoms. The zero-order valence-corrected chi connectivity index (χ0v) is 15.7. The molecule has 0 atom stereocenters. The molecule has 0 aliphatic carbocycles. The van der Waals surface area contributed by atoms with Gasteiger partial charge in [0.05, 0.1) is 27.5 Å². The number of aromatic amines is 1. The number of thiophene rings is 1. The summed E-state index contributed by atoms with van der Waals surface area (Å²) in [5, 5.41) is 25.6. The predicted octanol–water partition coefficient (Wildman–Crippen LogP) is 4.75. The van der Waals surface area contributed by atoms with Gasteiger partial charge in [0.15, 0.2) is 5.82 Å². The number of hydrogen-bond donors (Lipinski definition) is 4. The van der Waals surface area contributed by atoms with Gasteiger partial charge in [-0.3, -0.25) is 5.10 Å². The fourth-order valence-corrected chi connectivity index (χ4v) is 3.80. The number of carboxylic acids is 1. The molecule has 3 heterocycles. The van der Waals surface area contributed by atoms with Gasteiger partial charge in [-0.2, -0.15) is 10.1 Å². The topological polar surface area (TPSA) is 116 Å². The Bertz CT molecular complexity index is 1360. The van der Waals surface area contributed by atoms with Crippen molar-refractivity contribution in [2.75, 3.05) is 10.6 Å². The summed E-state index contributed by atoms with van der Waals surface area (Å²) in [6.45, 7) is 0. The Morgan fingerprint density at radius 1 is 1.03 bits per heavy atom. The van der Waals surface area contributed by atoms with Gasteiger partial charge in [-0.25, -0.2) is 9.78 Å². The number of fused-ring (bicyclic) bond motifs is 2. The highest BCUT2D eigenvalue weighted by Gasteiger charge is 2.11. The average molecular weight is 402 g/mol. The molecule has 9 heteroatoms. The zero-order chi connectivity index (χ0) is 19.8. The van der Waals surface area contributed by atoms with E-state index in [0.717, 1.165) is 26.8 Å². The maximum absolute atomic E-state index is 11.2. The summed E-state index contributed by atoms with van der Waals surface area (Å²) in [6.07, 6.45) is 1.77. The fraction of sp³-hybridized carbons (Fsp3) is 0. The van der Waals surface area contributed by atoms with Crippen LogP contribution in [0.1, 0.15) is 10.4 Å². The fourth-order valence-electron chi connectivity index (χ4n) is 3.02. The van der Waals surface area contributed by atoms with Crippen LogP contribution in [0, 0.1) is 0 Å². The smallest absolute Gasteiger partial charge is 0.335 e. The summed E-state index contributed by atoms with van der Waals surface area (Å²) in [5.41, 5.74) is 3.43. The standard InChI is InChI=1S/C20H14N6O2S/c27-19(28)11-2-1-3-13(8-11)23-20-24-16-6-7-29-17(16)18(25-20)22-14-4-5-15-12(9-14)10-21-26-15/h1-10H,(H,21,26)(H,27,28)(H2,22,23,24,25). The van der Waals surface area contributed by atoms with E-state index in [2.05, 4.69) is 30.8 Å². The van der Waals surface area contributed by atoms with Crippen LogP contribution in [-0.4, -0.2) is 31.2 Å². The predicted molar refractivity (Wildman–Crippen MR) is 113 cm³/mol. The third-order valence-electron chi connectivity index (χ3n) is 4.37. The molecule has 0 saturated heterocycles. The van der Waals surface area contributed by atoms with E-state index in [1.54, 1.807) is 35.7 Å². The van der Waals surface area contributed by atoms with Crippen molar-refractivity contribution in [2.45, 2.75) is 0 Å². The molecule has 3 aromatic heterocycles. The Hall–Kier alpha value is -3.98. The Balaban J connectivity index is 1.51. The molecule has 4 N–H and O–H groups in total. The summed E-state index contributed by atoms with van der Waals surface area (Å²) >= 11 is 1.55. The van der Waals surface area contributed by atoms with Crippen LogP contribution in [0.2, 0.25) is 0 Å². The molecule has 8 nitrogen and oxygen atoms in total. The number of aromatic carboxylic acids is 1. The van der Waals surface area contributed by atoms with Crippen molar-refractivity contribution in [3.8, 4) is 0 Å². The van der Waals surface area contributed by atoms with E-state index < -0.39 is 5.97 Å². The number of benzene rings is 2. The molecule has 0 unspecified atom stereocenters. The van der Waals surface area contributed by atoms with Crippen LogP contribution in [0.3, 0.4) is 0 Å². The minimum Gasteiger partial charge on any atom is -0.478 e. The molecule has 5 aromatic rings. The first kappa shape index (κ1) is 17.1. The number of carboxylic acid groups (broad SMARTS) is 1. The van der Waals surface area contributed by atoms with Gasteiger partial charge in [0.2, 0.25) is 5.95 Å². The Morgan fingerprint density at radius 2 is 1.93 bits per heavy atom. The Kier molecular flexibility index (Phi) is 4.07. The molecule has 142 valence electrons. The quantitative estimate of drug-likeness (QED) is 0.335. The molecule has 0 fully saturated rings. The lowest BCUT2D eigenvalue weighted by Gasteiger charge is -2.10. The molecule has 0 aliphatic heterocycles. The number of H-pyrrole nitrogens is 1. The van der Waals surface area contributed by atoms with Crippen LogP contribution in [0.15, 0.2) is 60.1 Å². The third-order valence-corrected chi connectivity index (χ3v) is 5.28. The molecule has 0 amide bonds. The second-order valence-electron chi connectivity index (χ2n) is 6.34. The monoisotopic (exact) mass is 402 g/mol. The number of carbonyl (C=O) groups is 1. The summed E-state index contributed by atoms with van der Waals surface area (Å²) in [5.74, 6) is 0.0647. The van der Waals surface area contributed by atoms with Crippen LogP contribution < -0.4 is 10.6 Å². The SMILES string of the molecule is O=C(O)c1cccc(Nc2nc(Nc3ccc4[nH]ncc4c3)c3sccc3n2)c1. The molecule has 29 heavy (non-hydrogen) atoms. The number of hydrogen-bond acceptors (Lipinski definition) is 7. The molecular weight excluding hydrogens is 388 g/mol. The van der Waals surface area contributed by atoms with E-state index in [0.29, 0.717) is 17.5 Å². The first-order valence-corrected chi connectivity index (χ1v) is 9.59. The molecule has 5 rings (SSSR count). The molecule has 0 saturated carbocycles. The van der Waals surface area contributed by atoms with Gasteiger partial charge in [0.25, 0.3) is 0 Å². The van der Waals surface area contributed by atoms with E-state index in [4.69, 9.17) is 0 Å². The molecule has 0 bridgehead atoms. The van der Waals surface area contributed by atoms with Gasteiger partial charge < -0.3 is 15.7 Å². The largest absolute Gasteiger partial charge is 0.478 e. The van der Waals surface area contributed by atoms with E-state index >= 15 is 0 Å². The lowest BCUT2D eigenvalue weighted by Crippen LogP contribution is -2.02. The van der Waals surface area contributed by atoms with Crippen LogP contribution >= 0.6 is 11.3 Å². The lowest BCUT2D eigenvalue weighted by atomic mass is 10.2. The van der Waals surface area contributed by atoms with Crippen molar-refractivity contribution in [1.82, 2.24) is 20.2 Å². The highest BCUT2D eigenvalue weighted by atomic mass is 32.1. The van der Waals surface area contributed by atoms with Gasteiger partial charge in [-0.15, -0.1) is 11.3 Å². The van der Waals surface area contributed by atoms with Gasteiger partial charge in [-0.1, -0.05) is 6.07 Å². The minimum absolute atomic E-state index is 0.193. The van der Waals surface area contributed by atoms with Crippen molar-refractivity contribution in [3.63, 3.8) is 0 Å². The van der Waals surface area contributed by atoms with Crippen LogP contribution in [0.25, 0.3) is 21.1 Å². The maximum atomic E-state index is 11.2. The number of nitrogens with zero attached hydrogens (tertiary/aromatic N) is 3. The highest BCUT2D eigenvalue weighted by molar-refractivity contribution is 7.17. The Labute approximate surface area is 168 Å². The van der Waals surface area contributed by atoms with Crippen molar-refractivity contribution >= 4 is 61.6 Å². The molecule has 0 radical (unpaired) electrons. The van der Waals surface area contributed by atoms with E-state index in [-0.39, 0.29) is 5.56 Å². The summed E-state index contributed by atoms with van der Waals surface area (Å²) in [6, 6.07) is 14.3. The van der Waals surface area contributed by atoms with Crippen molar-refractivity contribution < 1.29 is 9.90 Å². The van der Waals surface area contributed by atoms with Crippen LogP contribution in [0.5, 0.6) is 0 Å². The first-order valence-electron chi connectivity index (χ1n) is 8.71. The zero-order valence-electron chi connectivity index (χ0n) is 14.9. The van der Waals surface area contributed by atoms with Crippen molar-refractivity contribution in [3.05, 3.63) is 65.7 Å². The van der Waals surface area contributed by atoms with Crippen molar-refractivity contribution in [1.29, 1.82) is 0 Å². The van der Waals surface area contributed by atoms with Gasteiger partial charge in [-0.05, 0) is 47.8 Å². The average Bonchev–Trinajstić information content (AvgIpc) is 3.37. The van der Waals surface area contributed by atoms with Crippen LogP contribution in [-0.2, 0) is 0 Å². The van der Waals surface area contributed by atoms with E-state index in [1.165, 1.54) is 6.07 Å². The second kappa shape index (κ2) is 6.88. The third kappa shape index (κ3) is 3.34. The summed E-state index contributed by atoms with van der Waals surface area (Å²) in [4.78, 5) is 20.3. The summed E-state index contributed by atoms with van der Waals surface area (Å²) in [7, 11) is 0. The number of rotatable bonds is 5. The maximum Gasteiger partial charge on any atom is 0.335 e. The molecule has 2 aromatic carbocycles. The van der Waals surface area contributed by atoms with Gasteiger partial charge in [0.1, 0.15) is 0 Å². The van der Waals surface area contributed by atoms with Crippen molar-refractivity contribution in [2.24, 2.45) is 0 Å². The number of anilines is 4. The van der Waals surface area contributed by atoms with E-state index in [9.17, 15) is 9.90 Å². The van der Waals surface area contributed by atoms with Crippen LogP contribution in [0.4, 0.5) is 23.1 Å². The van der Waals surface area contributed by atoms with E-state index in [1.807, 2.05) is 29.6 Å². The lowest BCUT2D eigenvalue weighted by molar-refractivity contribution is 0.0697. The van der Waals surface area contributed by atoms with Gasteiger partial charge in [0, 0.05) is 16.8 Å².